The first-order valence-corrected chi connectivity index (χ1v) is 10.6. The van der Waals surface area contributed by atoms with Gasteiger partial charge in [0.15, 0.2) is 11.5 Å². The third kappa shape index (κ3) is 4.62. The van der Waals surface area contributed by atoms with Gasteiger partial charge in [-0.3, -0.25) is 14.5 Å². The minimum absolute atomic E-state index is 0.102. The lowest BCUT2D eigenvalue weighted by Gasteiger charge is -2.15. The van der Waals surface area contributed by atoms with Crippen molar-refractivity contribution in [2.75, 3.05) is 19.5 Å². The van der Waals surface area contributed by atoms with Crippen LogP contribution in [-0.2, 0) is 23.2 Å². The number of benzene rings is 2. The summed E-state index contributed by atoms with van der Waals surface area (Å²) >= 11 is 0. The molecule has 1 aromatic heterocycles. The maximum atomic E-state index is 12.8. The van der Waals surface area contributed by atoms with Gasteiger partial charge in [0.05, 0.1) is 20.8 Å². The summed E-state index contributed by atoms with van der Waals surface area (Å²) in [6.45, 7) is 0.102. The number of aryl methyl sites for hydroxylation is 1. The Morgan fingerprint density at radius 2 is 1.85 bits per heavy atom. The second kappa shape index (κ2) is 9.23. The van der Waals surface area contributed by atoms with E-state index in [-0.39, 0.29) is 31.2 Å². The third-order valence-corrected chi connectivity index (χ3v) is 5.73. The topological polar surface area (TPSA) is 102 Å². The molecule has 2 N–H and O–H groups in total. The number of amides is 4. The van der Waals surface area contributed by atoms with Crippen molar-refractivity contribution in [1.82, 2.24) is 14.8 Å². The average molecular weight is 450 g/mol. The van der Waals surface area contributed by atoms with Crippen LogP contribution in [0.3, 0.4) is 0 Å². The van der Waals surface area contributed by atoms with Gasteiger partial charge >= 0.3 is 6.03 Å². The summed E-state index contributed by atoms with van der Waals surface area (Å²) in [5, 5.41) is 6.62. The van der Waals surface area contributed by atoms with Gasteiger partial charge in [0.25, 0.3) is 5.91 Å². The molecule has 0 saturated carbocycles. The van der Waals surface area contributed by atoms with Crippen molar-refractivity contribution in [3.63, 3.8) is 0 Å². The standard InChI is InChI=1S/C24H26N4O5/c1-27-11-10-16-5-6-17(13-19(16)27)25-22(29)9-7-18-23(30)28(24(31)26-18)14-15-4-8-20(32-2)21(12-15)33-3/h4-6,8,10-13,18H,7,9,14H2,1-3H3,(H,25,29)(H,26,31). The summed E-state index contributed by atoms with van der Waals surface area (Å²) < 4.78 is 12.5. The molecule has 33 heavy (non-hydrogen) atoms. The van der Waals surface area contributed by atoms with Crippen LogP contribution >= 0.6 is 0 Å². The molecule has 9 heteroatoms. The van der Waals surface area contributed by atoms with Gasteiger partial charge in [-0.1, -0.05) is 12.1 Å². The number of rotatable bonds is 8. The summed E-state index contributed by atoms with van der Waals surface area (Å²) in [5.41, 5.74) is 2.42. The number of nitrogens with zero attached hydrogens (tertiary/aromatic N) is 2. The van der Waals surface area contributed by atoms with E-state index in [9.17, 15) is 14.4 Å². The van der Waals surface area contributed by atoms with Crippen molar-refractivity contribution in [2.45, 2.75) is 25.4 Å². The fraction of sp³-hybridized carbons (Fsp3) is 0.292. The molecule has 1 unspecified atom stereocenters. The number of urea groups is 1. The highest BCUT2D eigenvalue weighted by atomic mass is 16.5. The van der Waals surface area contributed by atoms with Gasteiger partial charge in [-0.25, -0.2) is 4.79 Å². The third-order valence-electron chi connectivity index (χ3n) is 5.73. The van der Waals surface area contributed by atoms with Gasteiger partial charge in [-0.05, 0) is 47.7 Å². The molecule has 1 aliphatic rings. The number of fused-ring (bicyclic) bond motifs is 1. The molecule has 0 bridgehead atoms. The van der Waals surface area contributed by atoms with Crippen LogP contribution < -0.4 is 20.1 Å². The minimum atomic E-state index is -0.737. The lowest BCUT2D eigenvalue weighted by molar-refractivity contribution is -0.128. The molecule has 1 saturated heterocycles. The largest absolute Gasteiger partial charge is 0.493 e. The van der Waals surface area contributed by atoms with E-state index in [2.05, 4.69) is 10.6 Å². The van der Waals surface area contributed by atoms with Gasteiger partial charge in [-0.2, -0.15) is 0 Å². The highest BCUT2D eigenvalue weighted by Gasteiger charge is 2.37. The molecule has 4 rings (SSSR count). The normalized spacial score (nSPS) is 15.6. The Morgan fingerprint density at radius 3 is 2.61 bits per heavy atom. The van der Waals surface area contributed by atoms with Crippen LogP contribution in [0.15, 0.2) is 48.7 Å². The molecule has 1 atom stereocenters. The number of methoxy groups -OCH3 is 2. The van der Waals surface area contributed by atoms with Crippen molar-refractivity contribution >= 4 is 34.4 Å². The molecule has 0 radical (unpaired) electrons. The Balaban J connectivity index is 1.34. The molecule has 2 heterocycles. The number of hydrogen-bond acceptors (Lipinski definition) is 5. The summed E-state index contributed by atoms with van der Waals surface area (Å²) in [5.74, 6) is 0.509. The second-order valence-electron chi connectivity index (χ2n) is 7.90. The van der Waals surface area contributed by atoms with Crippen LogP contribution in [0.4, 0.5) is 10.5 Å². The molecule has 0 aliphatic carbocycles. The summed E-state index contributed by atoms with van der Waals surface area (Å²) in [4.78, 5) is 38.7. The molecule has 1 fully saturated rings. The number of aromatic nitrogens is 1. The van der Waals surface area contributed by atoms with Gasteiger partial charge in [0, 0.05) is 30.9 Å². The van der Waals surface area contributed by atoms with Crippen molar-refractivity contribution in [2.24, 2.45) is 7.05 Å². The fourth-order valence-corrected chi connectivity index (χ4v) is 3.92. The predicted molar refractivity (Wildman–Crippen MR) is 123 cm³/mol. The number of ether oxygens (including phenoxy) is 2. The first-order valence-electron chi connectivity index (χ1n) is 10.6. The monoisotopic (exact) mass is 450 g/mol. The quantitative estimate of drug-likeness (QED) is 0.514. The SMILES string of the molecule is COc1ccc(CN2C(=O)NC(CCC(=O)Nc3ccc4ccn(C)c4c3)C2=O)cc1OC. The second-order valence-corrected chi connectivity index (χ2v) is 7.90. The van der Waals surface area contributed by atoms with Crippen LogP contribution in [0.25, 0.3) is 10.9 Å². The van der Waals surface area contributed by atoms with Crippen LogP contribution in [0.2, 0.25) is 0 Å². The minimum Gasteiger partial charge on any atom is -0.493 e. The van der Waals surface area contributed by atoms with E-state index in [1.54, 1.807) is 18.2 Å². The van der Waals surface area contributed by atoms with E-state index in [0.717, 1.165) is 21.4 Å². The van der Waals surface area contributed by atoms with E-state index in [1.807, 2.05) is 42.1 Å². The lowest BCUT2D eigenvalue weighted by Crippen LogP contribution is -2.31. The molecule has 172 valence electrons. The first kappa shape index (κ1) is 22.2. The zero-order chi connectivity index (χ0) is 23.5. The maximum absolute atomic E-state index is 12.8. The fourth-order valence-electron chi connectivity index (χ4n) is 3.92. The Bertz CT molecular complexity index is 1220. The maximum Gasteiger partial charge on any atom is 0.325 e. The molecular weight excluding hydrogens is 424 g/mol. The van der Waals surface area contributed by atoms with Crippen molar-refractivity contribution in [1.29, 1.82) is 0 Å². The number of nitrogens with one attached hydrogen (secondary N) is 2. The summed E-state index contributed by atoms with van der Waals surface area (Å²) in [7, 11) is 5.00. The number of anilines is 1. The number of carbonyl (C=O) groups is 3. The van der Waals surface area contributed by atoms with Crippen LogP contribution in [0.5, 0.6) is 11.5 Å². The number of hydrogen-bond donors (Lipinski definition) is 2. The summed E-state index contributed by atoms with van der Waals surface area (Å²) in [6.07, 6.45) is 2.27. The molecular formula is C24H26N4O5. The van der Waals surface area contributed by atoms with E-state index in [1.165, 1.54) is 14.2 Å². The van der Waals surface area contributed by atoms with Crippen molar-refractivity contribution in [3.8, 4) is 11.5 Å². The highest BCUT2D eigenvalue weighted by Crippen LogP contribution is 2.28. The molecule has 3 aromatic rings. The van der Waals surface area contributed by atoms with Gasteiger partial charge < -0.3 is 24.7 Å². The van der Waals surface area contributed by atoms with Crippen LogP contribution in [-0.4, -0.2) is 47.6 Å². The molecule has 0 spiro atoms. The smallest absolute Gasteiger partial charge is 0.325 e. The molecule has 2 aromatic carbocycles. The molecule has 9 nitrogen and oxygen atoms in total. The van der Waals surface area contributed by atoms with Crippen LogP contribution in [0, 0.1) is 0 Å². The van der Waals surface area contributed by atoms with E-state index in [0.29, 0.717) is 17.2 Å². The average Bonchev–Trinajstić information content (AvgIpc) is 3.31. The Hall–Kier alpha value is -4.01. The van der Waals surface area contributed by atoms with E-state index >= 15 is 0 Å². The van der Waals surface area contributed by atoms with Gasteiger partial charge in [-0.15, -0.1) is 0 Å². The van der Waals surface area contributed by atoms with E-state index < -0.39 is 12.1 Å². The number of imide groups is 1. The molecule has 4 amide bonds. The van der Waals surface area contributed by atoms with E-state index in [4.69, 9.17) is 9.47 Å². The zero-order valence-electron chi connectivity index (χ0n) is 18.8. The first-order chi connectivity index (χ1) is 15.9. The Labute approximate surface area is 191 Å². The van der Waals surface area contributed by atoms with Crippen molar-refractivity contribution in [3.05, 3.63) is 54.2 Å². The van der Waals surface area contributed by atoms with Crippen LogP contribution in [0.1, 0.15) is 18.4 Å². The Kier molecular flexibility index (Phi) is 6.21. The zero-order valence-corrected chi connectivity index (χ0v) is 18.8. The lowest BCUT2D eigenvalue weighted by atomic mass is 10.1. The molecule has 1 aliphatic heterocycles. The summed E-state index contributed by atoms with van der Waals surface area (Å²) in [6, 6.07) is 11.7. The van der Waals surface area contributed by atoms with Crippen molar-refractivity contribution < 1.29 is 23.9 Å². The van der Waals surface area contributed by atoms with Gasteiger partial charge in [0.1, 0.15) is 6.04 Å². The predicted octanol–water partition coefficient (Wildman–Crippen LogP) is 3.03. The number of carbonyl (C=O) groups excluding carboxylic acids is 3. The van der Waals surface area contributed by atoms with Gasteiger partial charge in [0.2, 0.25) is 5.91 Å². The highest BCUT2D eigenvalue weighted by molar-refractivity contribution is 6.04. The Morgan fingerprint density at radius 1 is 1.06 bits per heavy atom.